The van der Waals surface area contributed by atoms with Gasteiger partial charge in [0.05, 0.1) is 17.2 Å². The molecule has 1 aromatic rings. The summed E-state index contributed by atoms with van der Waals surface area (Å²) in [6, 6.07) is 3.42. The van der Waals surface area contributed by atoms with Crippen molar-refractivity contribution in [2.75, 3.05) is 25.2 Å². The number of rotatable bonds is 7. The Kier molecular flexibility index (Phi) is 7.65. The molecule has 0 unspecified atom stereocenters. The van der Waals surface area contributed by atoms with Crippen molar-refractivity contribution in [3.05, 3.63) is 44.7 Å². The Morgan fingerprint density at radius 2 is 2.06 bits per heavy atom. The van der Waals surface area contributed by atoms with Gasteiger partial charge in [0.15, 0.2) is 17.3 Å². The Bertz CT molecular complexity index is 998. The van der Waals surface area contributed by atoms with Gasteiger partial charge in [0.25, 0.3) is 0 Å². The normalized spacial score (nSPS) is 20.1. The van der Waals surface area contributed by atoms with E-state index in [1.165, 1.54) is 7.11 Å². The van der Waals surface area contributed by atoms with E-state index in [-0.39, 0.29) is 22.7 Å². The van der Waals surface area contributed by atoms with Crippen LogP contribution in [0.25, 0.3) is 0 Å². The quantitative estimate of drug-likeness (QED) is 0.381. The predicted octanol–water partition coefficient (Wildman–Crippen LogP) is 5.06. The van der Waals surface area contributed by atoms with Gasteiger partial charge in [-0.15, -0.1) is 0 Å². The minimum Gasteiger partial charge on any atom is -0.503 e. The topological polar surface area (TPSA) is 84.9 Å². The second-order valence-corrected chi connectivity index (χ2v) is 11.1. The summed E-state index contributed by atoms with van der Waals surface area (Å²) in [6.45, 7) is 8.34. The van der Waals surface area contributed by atoms with E-state index in [1.54, 1.807) is 23.9 Å². The number of methoxy groups -OCH3 is 1. The van der Waals surface area contributed by atoms with E-state index in [9.17, 15) is 14.7 Å². The molecule has 8 heteroatoms. The standard InChI is InChI=1S/C24H30BrNO5S/c1-6-32-8-7-31-23(29)19-13(2)26-16-11-24(3,4)12-17(27)21(16)20(19)14-9-15(25)22(28)18(10-14)30-5/h9-10,20,26,28H,6-8,11-12H2,1-5H3/t20-/m1/s1. The molecule has 2 N–H and O–H groups in total. The van der Waals surface area contributed by atoms with Gasteiger partial charge < -0.3 is 19.9 Å². The first-order chi connectivity index (χ1) is 15.1. The second kappa shape index (κ2) is 9.91. The lowest BCUT2D eigenvalue weighted by atomic mass is 9.68. The number of phenolic OH excluding ortho intramolecular Hbond substituents is 1. The highest BCUT2D eigenvalue weighted by Gasteiger charge is 2.43. The molecule has 1 atom stereocenters. The van der Waals surface area contributed by atoms with Crippen LogP contribution in [0.1, 0.15) is 52.0 Å². The number of dihydropyridines is 1. The number of Topliss-reactive ketones (excluding diaryl/α,β-unsaturated/α-hetero) is 1. The molecule has 0 aromatic heterocycles. The van der Waals surface area contributed by atoms with Crippen LogP contribution in [0.2, 0.25) is 0 Å². The summed E-state index contributed by atoms with van der Waals surface area (Å²) in [5, 5.41) is 13.6. The van der Waals surface area contributed by atoms with Crippen molar-refractivity contribution >= 4 is 39.4 Å². The van der Waals surface area contributed by atoms with E-state index >= 15 is 0 Å². The Balaban J connectivity index is 2.12. The first kappa shape index (κ1) is 24.7. The van der Waals surface area contributed by atoms with Crippen molar-refractivity contribution in [1.82, 2.24) is 5.32 Å². The van der Waals surface area contributed by atoms with Crippen molar-refractivity contribution in [2.45, 2.75) is 46.5 Å². The number of thioether (sulfide) groups is 1. The van der Waals surface area contributed by atoms with Crippen molar-refractivity contribution in [3.8, 4) is 11.5 Å². The number of allylic oxidation sites excluding steroid dienone is 3. The zero-order valence-corrected chi connectivity index (χ0v) is 21.5. The van der Waals surface area contributed by atoms with Crippen molar-refractivity contribution in [3.63, 3.8) is 0 Å². The van der Waals surface area contributed by atoms with Crippen LogP contribution in [0.5, 0.6) is 11.5 Å². The number of ketones is 1. The van der Waals surface area contributed by atoms with Crippen LogP contribution in [0.3, 0.4) is 0 Å². The van der Waals surface area contributed by atoms with Gasteiger partial charge in [-0.3, -0.25) is 4.79 Å². The maximum absolute atomic E-state index is 13.3. The molecule has 6 nitrogen and oxygen atoms in total. The molecule has 1 heterocycles. The fraction of sp³-hybridized carbons (Fsp3) is 0.500. The van der Waals surface area contributed by atoms with Crippen LogP contribution in [0.15, 0.2) is 39.1 Å². The van der Waals surface area contributed by atoms with E-state index in [4.69, 9.17) is 9.47 Å². The predicted molar refractivity (Wildman–Crippen MR) is 130 cm³/mol. The molecule has 32 heavy (non-hydrogen) atoms. The fourth-order valence-electron chi connectivity index (χ4n) is 4.37. The summed E-state index contributed by atoms with van der Waals surface area (Å²) in [6.07, 6.45) is 1.10. The van der Waals surface area contributed by atoms with Crippen molar-refractivity contribution < 1.29 is 24.2 Å². The molecule has 1 aromatic carbocycles. The van der Waals surface area contributed by atoms with Crippen molar-refractivity contribution in [1.29, 1.82) is 0 Å². The van der Waals surface area contributed by atoms with Gasteiger partial charge in [-0.2, -0.15) is 11.8 Å². The van der Waals surface area contributed by atoms with Gasteiger partial charge in [-0.25, -0.2) is 4.79 Å². The number of ether oxygens (including phenoxy) is 2. The van der Waals surface area contributed by atoms with E-state index in [1.807, 2.05) is 6.92 Å². The summed E-state index contributed by atoms with van der Waals surface area (Å²) < 4.78 is 11.4. The average molecular weight is 524 g/mol. The summed E-state index contributed by atoms with van der Waals surface area (Å²) in [7, 11) is 1.47. The van der Waals surface area contributed by atoms with Crippen LogP contribution in [0, 0.1) is 5.41 Å². The number of phenols is 1. The van der Waals surface area contributed by atoms with Crippen LogP contribution < -0.4 is 10.1 Å². The Morgan fingerprint density at radius 1 is 1.34 bits per heavy atom. The molecule has 1 aliphatic carbocycles. The molecule has 0 radical (unpaired) electrons. The number of aromatic hydroxyl groups is 1. The summed E-state index contributed by atoms with van der Waals surface area (Å²) in [4.78, 5) is 26.6. The first-order valence-electron chi connectivity index (χ1n) is 10.6. The third-order valence-electron chi connectivity index (χ3n) is 5.73. The minimum atomic E-state index is -0.605. The molecule has 1 aliphatic heterocycles. The van der Waals surface area contributed by atoms with Gasteiger partial charge in [-0.05, 0) is 58.1 Å². The highest BCUT2D eigenvalue weighted by Crippen LogP contribution is 2.48. The number of nitrogens with one attached hydrogen (secondary N) is 1. The van der Waals surface area contributed by atoms with Crippen LogP contribution in [0.4, 0.5) is 0 Å². The minimum absolute atomic E-state index is 0.0104. The third-order valence-corrected chi connectivity index (χ3v) is 7.20. The van der Waals surface area contributed by atoms with E-state index < -0.39 is 11.9 Å². The molecule has 0 amide bonds. The second-order valence-electron chi connectivity index (χ2n) is 8.82. The average Bonchev–Trinajstić information content (AvgIpc) is 2.71. The van der Waals surface area contributed by atoms with E-state index in [0.717, 1.165) is 11.4 Å². The van der Waals surface area contributed by atoms with E-state index in [2.05, 4.69) is 42.0 Å². The molecule has 3 rings (SSSR count). The maximum atomic E-state index is 13.3. The van der Waals surface area contributed by atoms with Gasteiger partial charge in [0.1, 0.15) is 6.61 Å². The number of hydrogen-bond donors (Lipinski definition) is 2. The van der Waals surface area contributed by atoms with Gasteiger partial charge in [0, 0.05) is 35.1 Å². The van der Waals surface area contributed by atoms with Crippen LogP contribution in [-0.2, 0) is 14.3 Å². The molecule has 0 spiro atoms. The molecule has 0 fully saturated rings. The van der Waals surface area contributed by atoms with Gasteiger partial charge in [0.2, 0.25) is 0 Å². The number of carbonyl (C=O) groups excluding carboxylic acids is 2. The summed E-state index contributed by atoms with van der Waals surface area (Å²) in [5.41, 5.74) is 3.03. The fourth-order valence-corrected chi connectivity index (χ4v) is 5.32. The number of hydrogen-bond acceptors (Lipinski definition) is 7. The summed E-state index contributed by atoms with van der Waals surface area (Å²) >= 11 is 5.07. The lowest BCUT2D eigenvalue weighted by Crippen LogP contribution is -2.38. The molecule has 0 bridgehead atoms. The lowest BCUT2D eigenvalue weighted by Gasteiger charge is -2.39. The summed E-state index contributed by atoms with van der Waals surface area (Å²) in [5.74, 6) is 0.866. The number of carbonyl (C=O) groups is 2. The van der Waals surface area contributed by atoms with E-state index in [0.29, 0.717) is 52.1 Å². The molecule has 0 saturated heterocycles. The molecule has 0 saturated carbocycles. The lowest BCUT2D eigenvalue weighted by molar-refractivity contribution is -0.138. The monoisotopic (exact) mass is 523 g/mol. The molecule has 2 aliphatic rings. The highest BCUT2D eigenvalue weighted by molar-refractivity contribution is 9.10. The number of benzene rings is 1. The number of esters is 1. The molecular formula is C24H30BrNO5S. The van der Waals surface area contributed by atoms with Crippen LogP contribution in [-0.4, -0.2) is 42.1 Å². The van der Waals surface area contributed by atoms with Crippen molar-refractivity contribution in [2.24, 2.45) is 5.41 Å². The zero-order chi connectivity index (χ0) is 23.6. The SMILES string of the molecule is CCSCCOC(=O)C1=C(C)NC2=C(C(=O)CC(C)(C)C2)[C@@H]1c1cc(Br)c(O)c(OC)c1. The Labute approximate surface area is 201 Å². The molecule has 174 valence electrons. The maximum Gasteiger partial charge on any atom is 0.336 e. The number of halogens is 1. The molecular weight excluding hydrogens is 494 g/mol. The zero-order valence-electron chi connectivity index (χ0n) is 19.1. The largest absolute Gasteiger partial charge is 0.503 e. The van der Waals surface area contributed by atoms with Gasteiger partial charge >= 0.3 is 5.97 Å². The highest BCUT2D eigenvalue weighted by atomic mass is 79.9. The first-order valence-corrected chi connectivity index (χ1v) is 12.6. The van der Waals surface area contributed by atoms with Crippen LogP contribution >= 0.6 is 27.7 Å². The van der Waals surface area contributed by atoms with Gasteiger partial charge in [-0.1, -0.05) is 20.8 Å². The Morgan fingerprint density at radius 3 is 2.72 bits per heavy atom. The smallest absolute Gasteiger partial charge is 0.336 e. The third kappa shape index (κ3) is 5.01. The Hall–Kier alpha value is -1.93.